The third-order valence-corrected chi connectivity index (χ3v) is 3.64. The van der Waals surface area contributed by atoms with Crippen LogP contribution in [0.25, 0.3) is 0 Å². The van der Waals surface area contributed by atoms with Gasteiger partial charge in [0.2, 0.25) is 5.91 Å². The summed E-state index contributed by atoms with van der Waals surface area (Å²) in [6, 6.07) is 0.117. The Morgan fingerprint density at radius 3 is 2.20 bits per heavy atom. The maximum atomic E-state index is 11.9. The summed E-state index contributed by atoms with van der Waals surface area (Å²) in [6.07, 6.45) is -0.302. The van der Waals surface area contributed by atoms with Crippen molar-refractivity contribution >= 4 is 41.9 Å². The Morgan fingerprint density at radius 1 is 1.20 bits per heavy atom. The van der Waals surface area contributed by atoms with Crippen LogP contribution in [0.15, 0.2) is 4.99 Å². The van der Waals surface area contributed by atoms with Crippen LogP contribution < -0.4 is 16.0 Å². The molecule has 1 heterocycles. The van der Waals surface area contributed by atoms with Gasteiger partial charge in [-0.15, -0.1) is 24.0 Å². The second kappa shape index (κ2) is 9.44. The van der Waals surface area contributed by atoms with E-state index in [1.54, 1.807) is 19.0 Å². The minimum atomic E-state index is -0.547. The highest BCUT2D eigenvalue weighted by atomic mass is 127. The SMILES string of the molecule is CN=C(NCC(C)(C)C(=O)NC)NC1CN(C(=O)OC(C)(C)C)C1.I. The number of aliphatic imine (C=N–C) groups is 1. The molecule has 1 aliphatic rings. The monoisotopic (exact) mass is 469 g/mol. The van der Waals surface area contributed by atoms with Crippen molar-refractivity contribution in [2.45, 2.75) is 46.3 Å². The van der Waals surface area contributed by atoms with E-state index in [9.17, 15) is 9.59 Å². The number of hydrogen-bond acceptors (Lipinski definition) is 4. The third-order valence-electron chi connectivity index (χ3n) is 3.64. The number of carbonyl (C=O) groups is 2. The quantitative estimate of drug-likeness (QED) is 0.327. The van der Waals surface area contributed by atoms with Gasteiger partial charge in [0, 0.05) is 33.7 Å². The van der Waals surface area contributed by atoms with Crippen molar-refractivity contribution in [1.82, 2.24) is 20.9 Å². The van der Waals surface area contributed by atoms with E-state index in [1.807, 2.05) is 34.6 Å². The van der Waals surface area contributed by atoms with E-state index in [0.717, 1.165) is 0 Å². The fourth-order valence-electron chi connectivity index (χ4n) is 2.16. The Bertz CT molecular complexity index is 496. The van der Waals surface area contributed by atoms with E-state index in [4.69, 9.17) is 4.74 Å². The zero-order valence-corrected chi connectivity index (χ0v) is 18.6. The van der Waals surface area contributed by atoms with Crippen LogP contribution in [0.3, 0.4) is 0 Å². The Balaban J connectivity index is 0.00000576. The fraction of sp³-hybridized carbons (Fsp3) is 0.812. The van der Waals surface area contributed by atoms with E-state index in [0.29, 0.717) is 25.6 Å². The van der Waals surface area contributed by atoms with Crippen LogP contribution in [0.1, 0.15) is 34.6 Å². The molecule has 0 saturated carbocycles. The number of nitrogens with zero attached hydrogens (tertiary/aromatic N) is 2. The summed E-state index contributed by atoms with van der Waals surface area (Å²) in [5, 5.41) is 9.04. The Hall–Kier alpha value is -1.26. The van der Waals surface area contributed by atoms with Crippen molar-refractivity contribution in [1.29, 1.82) is 0 Å². The Labute approximate surface area is 167 Å². The average Bonchev–Trinajstić information content (AvgIpc) is 2.42. The van der Waals surface area contributed by atoms with Gasteiger partial charge in [-0.2, -0.15) is 0 Å². The van der Waals surface area contributed by atoms with Crippen LogP contribution in [-0.2, 0) is 9.53 Å². The van der Waals surface area contributed by atoms with E-state index in [1.165, 1.54) is 0 Å². The smallest absolute Gasteiger partial charge is 0.410 e. The van der Waals surface area contributed by atoms with E-state index < -0.39 is 11.0 Å². The molecule has 0 atom stereocenters. The van der Waals surface area contributed by atoms with Gasteiger partial charge in [-0.3, -0.25) is 9.79 Å². The minimum absolute atomic E-state index is 0. The summed E-state index contributed by atoms with van der Waals surface area (Å²) in [5.74, 6) is 0.575. The summed E-state index contributed by atoms with van der Waals surface area (Å²) in [4.78, 5) is 29.5. The number of ether oxygens (including phenoxy) is 1. The zero-order chi connectivity index (χ0) is 18.5. The third kappa shape index (κ3) is 7.66. The maximum Gasteiger partial charge on any atom is 0.410 e. The highest BCUT2D eigenvalue weighted by Gasteiger charge is 2.34. The molecule has 1 fully saturated rings. The number of nitrogens with one attached hydrogen (secondary N) is 3. The van der Waals surface area contributed by atoms with Crippen LogP contribution >= 0.6 is 24.0 Å². The van der Waals surface area contributed by atoms with E-state index in [-0.39, 0.29) is 42.0 Å². The van der Waals surface area contributed by atoms with Crippen LogP contribution in [0.4, 0.5) is 4.79 Å². The molecule has 0 unspecified atom stereocenters. The lowest BCUT2D eigenvalue weighted by Crippen LogP contribution is -2.63. The largest absolute Gasteiger partial charge is 0.444 e. The number of guanidine groups is 1. The molecule has 8 nitrogen and oxygen atoms in total. The van der Waals surface area contributed by atoms with Crippen LogP contribution in [-0.4, -0.2) is 68.2 Å². The lowest BCUT2D eigenvalue weighted by Gasteiger charge is -2.40. The second-order valence-corrected chi connectivity index (χ2v) is 7.62. The summed E-state index contributed by atoms with van der Waals surface area (Å²) < 4.78 is 5.32. The molecule has 1 aliphatic heterocycles. The summed E-state index contributed by atoms with van der Waals surface area (Å²) >= 11 is 0. The number of amides is 2. The van der Waals surface area contributed by atoms with Gasteiger partial charge < -0.3 is 25.6 Å². The number of hydrogen-bond donors (Lipinski definition) is 3. The lowest BCUT2D eigenvalue weighted by molar-refractivity contribution is -0.128. The van der Waals surface area contributed by atoms with E-state index in [2.05, 4.69) is 20.9 Å². The zero-order valence-electron chi connectivity index (χ0n) is 16.2. The minimum Gasteiger partial charge on any atom is -0.444 e. The number of carbonyl (C=O) groups excluding carboxylic acids is 2. The molecule has 25 heavy (non-hydrogen) atoms. The predicted octanol–water partition coefficient (Wildman–Crippen LogP) is 1.16. The molecule has 9 heteroatoms. The molecule has 3 N–H and O–H groups in total. The normalized spacial score (nSPS) is 15.6. The van der Waals surface area contributed by atoms with Gasteiger partial charge >= 0.3 is 6.09 Å². The Kier molecular flexibility index (Phi) is 8.97. The summed E-state index contributed by atoms with van der Waals surface area (Å²) in [5.41, 5.74) is -1.03. The molecule has 0 aromatic rings. The van der Waals surface area contributed by atoms with Gasteiger partial charge in [-0.25, -0.2) is 4.79 Å². The van der Waals surface area contributed by atoms with Gasteiger partial charge in [0.15, 0.2) is 5.96 Å². The molecular weight excluding hydrogens is 437 g/mol. The van der Waals surface area contributed by atoms with Crippen molar-refractivity contribution in [3.8, 4) is 0 Å². The summed E-state index contributed by atoms with van der Waals surface area (Å²) in [7, 11) is 3.29. The molecule has 0 radical (unpaired) electrons. The molecule has 1 saturated heterocycles. The molecule has 0 aliphatic carbocycles. The van der Waals surface area contributed by atoms with Gasteiger partial charge in [-0.05, 0) is 34.6 Å². The van der Waals surface area contributed by atoms with Crippen molar-refractivity contribution in [2.24, 2.45) is 10.4 Å². The predicted molar refractivity (Wildman–Crippen MR) is 109 cm³/mol. The standard InChI is InChI=1S/C16H31N5O3.HI/c1-15(2,3)24-14(23)21-8-11(9-21)20-13(18-7)19-10-16(4,5)12(22)17-6;/h11H,8-10H2,1-7H3,(H,17,22)(H2,18,19,20);1H. The molecule has 0 spiro atoms. The molecular formula is C16H32IN5O3. The average molecular weight is 469 g/mol. The van der Waals surface area contributed by atoms with Crippen molar-refractivity contribution in [3.05, 3.63) is 0 Å². The maximum absolute atomic E-state index is 11.9. The van der Waals surface area contributed by atoms with Crippen molar-refractivity contribution < 1.29 is 14.3 Å². The van der Waals surface area contributed by atoms with Crippen LogP contribution in [0.5, 0.6) is 0 Å². The van der Waals surface area contributed by atoms with Crippen molar-refractivity contribution in [2.75, 3.05) is 33.7 Å². The van der Waals surface area contributed by atoms with Crippen LogP contribution in [0, 0.1) is 5.41 Å². The molecule has 146 valence electrons. The Morgan fingerprint density at radius 2 is 1.76 bits per heavy atom. The molecule has 1 rings (SSSR count). The van der Waals surface area contributed by atoms with Gasteiger partial charge in [-0.1, -0.05) is 0 Å². The lowest BCUT2D eigenvalue weighted by atomic mass is 9.92. The van der Waals surface area contributed by atoms with Crippen molar-refractivity contribution in [3.63, 3.8) is 0 Å². The number of likely N-dealkylation sites (tertiary alicyclic amines) is 1. The summed E-state index contributed by atoms with van der Waals surface area (Å²) in [6.45, 7) is 10.8. The van der Waals surface area contributed by atoms with E-state index >= 15 is 0 Å². The second-order valence-electron chi connectivity index (χ2n) is 7.62. The van der Waals surface area contributed by atoms with Crippen LogP contribution in [0.2, 0.25) is 0 Å². The number of halogens is 1. The van der Waals surface area contributed by atoms with Gasteiger partial charge in [0.05, 0.1) is 11.5 Å². The molecule has 0 bridgehead atoms. The highest BCUT2D eigenvalue weighted by Crippen LogP contribution is 2.15. The van der Waals surface area contributed by atoms with Gasteiger partial charge in [0.25, 0.3) is 0 Å². The highest BCUT2D eigenvalue weighted by molar-refractivity contribution is 14.0. The van der Waals surface area contributed by atoms with Gasteiger partial charge in [0.1, 0.15) is 5.60 Å². The first-order chi connectivity index (χ1) is 11.0. The molecule has 2 amide bonds. The molecule has 0 aromatic heterocycles. The number of rotatable bonds is 4. The fourth-order valence-corrected chi connectivity index (χ4v) is 2.16. The first kappa shape index (κ1) is 23.7. The first-order valence-corrected chi connectivity index (χ1v) is 8.16. The molecule has 0 aromatic carbocycles. The first-order valence-electron chi connectivity index (χ1n) is 8.16. The topological polar surface area (TPSA) is 95.1 Å².